The zero-order valence-electron chi connectivity index (χ0n) is 49.2. The number of aliphatic hydroxyl groups is 5. The maximum atomic E-state index is 11.7. The van der Waals surface area contributed by atoms with Gasteiger partial charge in [0.05, 0.1) is 105 Å². The average molecular weight is 993 g/mol. The smallest absolute Gasteiger partial charge is 0.115 e. The second kappa shape index (κ2) is 37.2. The molecule has 0 fully saturated rings. The maximum Gasteiger partial charge on any atom is 0.115 e. The molecule has 5 unspecified atom stereocenters. The summed E-state index contributed by atoms with van der Waals surface area (Å²) in [5.41, 5.74) is 0. The molecule has 13 nitrogen and oxygen atoms in total. The van der Waals surface area contributed by atoms with Gasteiger partial charge in [-0.1, -0.05) is 117 Å². The second-order valence-corrected chi connectivity index (χ2v) is 26.6. The molecule has 0 aliphatic rings. The lowest BCUT2D eigenvalue weighted by Crippen LogP contribution is -2.54. The summed E-state index contributed by atoms with van der Waals surface area (Å²) in [6.45, 7) is 14.8. The van der Waals surface area contributed by atoms with E-state index in [4.69, 9.17) is 0 Å². The van der Waals surface area contributed by atoms with Crippen molar-refractivity contribution < 1.29 is 47.9 Å². The van der Waals surface area contributed by atoms with Gasteiger partial charge in [0, 0.05) is 58.9 Å². The van der Waals surface area contributed by atoms with E-state index >= 15 is 0 Å². The Morgan fingerprint density at radius 2 is 0.478 bits per heavy atom. The van der Waals surface area contributed by atoms with Crippen molar-refractivity contribution in [2.75, 3.05) is 196 Å². The number of unbranched alkanes of at least 4 members (excludes halogenated alkanes) is 18. The van der Waals surface area contributed by atoms with Crippen molar-refractivity contribution in [3.8, 4) is 0 Å². The first kappa shape index (κ1) is 68.5. The minimum atomic E-state index is -0.545. The quantitative estimate of drug-likeness (QED) is 0.0385. The summed E-state index contributed by atoms with van der Waals surface area (Å²) in [5.74, 6) is 0. The van der Waals surface area contributed by atoms with Crippen molar-refractivity contribution in [1.82, 2.24) is 14.7 Å². The molecular weight excluding hydrogens is 865 g/mol. The van der Waals surface area contributed by atoms with Crippen molar-refractivity contribution in [1.29, 1.82) is 0 Å². The molecule has 0 spiro atoms. The Morgan fingerprint density at radius 3 is 0.725 bits per heavy atom. The predicted molar refractivity (Wildman–Crippen MR) is 295 cm³/mol. The van der Waals surface area contributed by atoms with Gasteiger partial charge < -0.3 is 47.9 Å². The van der Waals surface area contributed by atoms with Crippen LogP contribution in [0.1, 0.15) is 142 Å². The molecule has 69 heavy (non-hydrogen) atoms. The summed E-state index contributed by atoms with van der Waals surface area (Å²) in [5, 5.41) is 57.5. The van der Waals surface area contributed by atoms with E-state index in [0.29, 0.717) is 105 Å². The van der Waals surface area contributed by atoms with Crippen LogP contribution < -0.4 is 0 Å². The van der Waals surface area contributed by atoms with Crippen LogP contribution in [0.25, 0.3) is 0 Å². The molecule has 0 aromatic rings. The number of rotatable bonds is 48. The van der Waals surface area contributed by atoms with Gasteiger partial charge in [-0.2, -0.15) is 0 Å². The van der Waals surface area contributed by atoms with E-state index in [1.807, 2.05) is 0 Å². The SMILES string of the molecule is CCCCCCCCCCCC[N+](C)(C)CC(O)CN(CCN(CCN(CC(O)C[N+](C)(C)C)CC(O)C[N+](C)(C)CCCCCCCCCCCC)CC(O)C[N+](C)(C)C)CC(O)C[N+](C)(C)C. The molecule has 0 bridgehead atoms. The number of quaternary nitrogens is 5. The van der Waals surface area contributed by atoms with Crippen LogP contribution in [0.4, 0.5) is 0 Å². The van der Waals surface area contributed by atoms with Gasteiger partial charge in [0.1, 0.15) is 63.2 Å². The Morgan fingerprint density at radius 1 is 0.275 bits per heavy atom. The van der Waals surface area contributed by atoms with Crippen LogP contribution in [0.15, 0.2) is 0 Å². The Balaban J connectivity index is 5.94. The normalized spacial score (nSPS) is 15.7. The molecular formula is C56H127N8O5+5. The summed E-state index contributed by atoms with van der Waals surface area (Å²) in [4.78, 5) is 6.81. The van der Waals surface area contributed by atoms with E-state index in [2.05, 4.69) is 120 Å². The van der Waals surface area contributed by atoms with Gasteiger partial charge in [-0.25, -0.2) is 0 Å². The average Bonchev–Trinajstić information content (AvgIpc) is 3.17. The maximum absolute atomic E-state index is 11.7. The van der Waals surface area contributed by atoms with Crippen LogP contribution in [0.2, 0.25) is 0 Å². The minimum absolute atomic E-state index is 0.469. The third-order valence-electron chi connectivity index (χ3n) is 13.7. The topological polar surface area (TPSA) is 111 Å². The van der Waals surface area contributed by atoms with Gasteiger partial charge in [-0.3, -0.25) is 14.7 Å². The van der Waals surface area contributed by atoms with Crippen LogP contribution in [-0.4, -0.2) is 290 Å². The van der Waals surface area contributed by atoms with Gasteiger partial charge in [-0.15, -0.1) is 0 Å². The van der Waals surface area contributed by atoms with Gasteiger partial charge in [0.25, 0.3) is 0 Å². The number of aliphatic hydroxyl groups excluding tert-OH is 5. The lowest BCUT2D eigenvalue weighted by Gasteiger charge is -2.37. The van der Waals surface area contributed by atoms with Crippen LogP contribution in [0.5, 0.6) is 0 Å². The van der Waals surface area contributed by atoms with E-state index in [9.17, 15) is 25.5 Å². The monoisotopic (exact) mass is 992 g/mol. The summed E-state index contributed by atoms with van der Waals surface area (Å²) in [6.07, 6.45) is 23.6. The van der Waals surface area contributed by atoms with E-state index in [1.54, 1.807) is 0 Å². The van der Waals surface area contributed by atoms with Crippen molar-refractivity contribution in [3.05, 3.63) is 0 Å². The molecule has 0 heterocycles. The van der Waals surface area contributed by atoms with E-state index in [1.165, 1.54) is 128 Å². The zero-order valence-corrected chi connectivity index (χ0v) is 49.2. The molecule has 13 heteroatoms. The highest BCUT2D eigenvalue weighted by Crippen LogP contribution is 2.15. The molecule has 0 radical (unpaired) electrons. The van der Waals surface area contributed by atoms with Crippen LogP contribution in [-0.2, 0) is 0 Å². The molecule has 0 aromatic heterocycles. The summed E-state index contributed by atoms with van der Waals surface area (Å²) < 4.78 is 3.50. The number of likely N-dealkylation sites (N-methyl/N-ethyl adjacent to an activating group) is 5. The fourth-order valence-electron chi connectivity index (χ4n) is 10.4. The molecule has 0 amide bonds. The van der Waals surface area contributed by atoms with Crippen LogP contribution >= 0.6 is 0 Å². The third-order valence-corrected chi connectivity index (χ3v) is 13.7. The molecule has 0 aliphatic carbocycles. The van der Waals surface area contributed by atoms with Gasteiger partial charge in [0.15, 0.2) is 0 Å². The highest BCUT2D eigenvalue weighted by molar-refractivity contribution is 4.76. The second-order valence-electron chi connectivity index (χ2n) is 26.6. The molecule has 5 N–H and O–H groups in total. The molecule has 0 aliphatic heterocycles. The van der Waals surface area contributed by atoms with Gasteiger partial charge in [0.2, 0.25) is 0 Å². The van der Waals surface area contributed by atoms with Crippen LogP contribution in [0, 0.1) is 0 Å². The zero-order chi connectivity index (χ0) is 52.6. The Bertz CT molecular complexity index is 1110. The van der Waals surface area contributed by atoms with Crippen LogP contribution in [0.3, 0.4) is 0 Å². The first-order chi connectivity index (χ1) is 32.0. The van der Waals surface area contributed by atoms with E-state index in [-0.39, 0.29) is 0 Å². The number of nitrogens with zero attached hydrogens (tertiary/aromatic N) is 8. The molecule has 0 saturated heterocycles. The van der Waals surface area contributed by atoms with E-state index in [0.717, 1.165) is 22.1 Å². The lowest BCUT2D eigenvalue weighted by molar-refractivity contribution is -0.893. The summed E-state index contributed by atoms with van der Waals surface area (Å²) >= 11 is 0. The molecule has 0 aromatic carbocycles. The van der Waals surface area contributed by atoms with Crippen molar-refractivity contribution in [2.24, 2.45) is 0 Å². The Kier molecular flexibility index (Phi) is 37.0. The first-order valence-corrected chi connectivity index (χ1v) is 28.7. The minimum Gasteiger partial charge on any atom is -0.386 e. The largest absolute Gasteiger partial charge is 0.386 e. The predicted octanol–water partition coefficient (Wildman–Crippen LogP) is 5.81. The summed E-state index contributed by atoms with van der Waals surface area (Å²) in [7, 11) is 27.9. The van der Waals surface area contributed by atoms with Crippen molar-refractivity contribution in [2.45, 2.75) is 173 Å². The highest BCUT2D eigenvalue weighted by atomic mass is 16.3. The number of hydrogen-bond acceptors (Lipinski definition) is 8. The fourth-order valence-corrected chi connectivity index (χ4v) is 10.4. The molecule has 416 valence electrons. The van der Waals surface area contributed by atoms with Crippen molar-refractivity contribution >= 4 is 0 Å². The van der Waals surface area contributed by atoms with Crippen molar-refractivity contribution in [3.63, 3.8) is 0 Å². The molecule has 0 saturated carbocycles. The summed E-state index contributed by atoms with van der Waals surface area (Å²) in [6, 6.07) is 0. The Hall–Kier alpha value is -0.520. The highest BCUT2D eigenvalue weighted by Gasteiger charge is 2.29. The fraction of sp³-hybridized carbons (Fsp3) is 1.00. The third kappa shape index (κ3) is 44.7. The van der Waals surface area contributed by atoms with E-state index < -0.39 is 30.5 Å². The van der Waals surface area contributed by atoms with Gasteiger partial charge in [-0.05, 0) is 25.7 Å². The standard InChI is InChI=1S/C56H127N8O5/c1-16-18-20-22-24-26-28-30-32-34-40-63(12,13)50-55(68)45-58(43-53(66)48-61(6,7)8)38-36-57(42-52(65)47-60(3,4)5)37-39-59(44-54(67)49-62(9,10)11)46-56(69)51-64(14,15)41-35-33-31-29-27-25-23-21-19-17-2/h52-56,65-69H,16-51H2,1-15H3/q+5. The molecule has 0 rings (SSSR count). The Labute approximate surface area is 430 Å². The lowest BCUT2D eigenvalue weighted by atomic mass is 10.1. The number of hydrogen-bond donors (Lipinski definition) is 5. The van der Waals surface area contributed by atoms with Gasteiger partial charge >= 0.3 is 0 Å². The molecule has 5 atom stereocenters. The first-order valence-electron chi connectivity index (χ1n) is 28.7.